The third-order valence-electron chi connectivity index (χ3n) is 1.71. The zero-order valence-corrected chi connectivity index (χ0v) is 8.74. The van der Waals surface area contributed by atoms with Gasteiger partial charge in [-0.05, 0) is 23.6 Å². The number of alkyl halides is 1. The van der Waals surface area contributed by atoms with Crippen molar-refractivity contribution in [3.05, 3.63) is 33.8 Å². The van der Waals surface area contributed by atoms with Crippen LogP contribution in [0.2, 0.25) is 0 Å². The van der Waals surface area contributed by atoms with Crippen molar-refractivity contribution in [3.8, 4) is 0 Å². The van der Waals surface area contributed by atoms with Crippen molar-refractivity contribution in [2.45, 2.75) is 19.2 Å². The highest BCUT2D eigenvalue weighted by Crippen LogP contribution is 2.22. The van der Waals surface area contributed by atoms with Gasteiger partial charge in [0.1, 0.15) is 0 Å². The van der Waals surface area contributed by atoms with Gasteiger partial charge in [0.2, 0.25) is 0 Å². The van der Waals surface area contributed by atoms with E-state index < -0.39 is 0 Å². The molecule has 0 amide bonds. The molecule has 0 radical (unpaired) electrons. The summed E-state index contributed by atoms with van der Waals surface area (Å²) in [4.78, 5) is 0. The van der Waals surface area contributed by atoms with Crippen molar-refractivity contribution < 1.29 is 0 Å². The number of hydrogen-bond acceptors (Lipinski definition) is 0. The Hall–Kier alpha value is -0.0100. The van der Waals surface area contributed by atoms with Crippen LogP contribution in [0.5, 0.6) is 0 Å². The van der Waals surface area contributed by atoms with Gasteiger partial charge in [-0.2, -0.15) is 0 Å². The molecule has 0 atom stereocenters. The lowest BCUT2D eigenvalue weighted by molar-refractivity contribution is 1.09. The van der Waals surface area contributed by atoms with Gasteiger partial charge in [0.25, 0.3) is 0 Å². The molecule has 1 rings (SSSR count). The summed E-state index contributed by atoms with van der Waals surface area (Å²) in [7, 11) is 0. The molecule has 0 aliphatic rings. The van der Waals surface area contributed by atoms with Crippen molar-refractivity contribution in [2.24, 2.45) is 0 Å². The average Bonchev–Trinajstić information content (AvgIpc) is 2.04. The zero-order valence-electron chi connectivity index (χ0n) is 6.40. The Labute approximate surface area is 80.7 Å². The van der Waals surface area contributed by atoms with Crippen LogP contribution in [0, 0.1) is 0 Å². The summed E-state index contributed by atoms with van der Waals surface area (Å²) < 4.78 is 1.16. The first-order valence-electron chi connectivity index (χ1n) is 3.61. The van der Waals surface area contributed by atoms with Gasteiger partial charge in [-0.25, -0.2) is 0 Å². The monoisotopic (exact) mass is 232 g/mol. The van der Waals surface area contributed by atoms with Gasteiger partial charge in [0.15, 0.2) is 0 Å². The molecule has 0 spiro atoms. The SMILES string of the molecule is CCc1c(Br)cccc1CCl. The van der Waals surface area contributed by atoms with E-state index in [-0.39, 0.29) is 0 Å². The quantitative estimate of drug-likeness (QED) is 0.683. The third-order valence-corrected chi connectivity index (χ3v) is 2.74. The minimum Gasteiger partial charge on any atom is -0.122 e. The molecule has 1 aromatic carbocycles. The second kappa shape index (κ2) is 4.13. The van der Waals surface area contributed by atoms with Crippen LogP contribution in [0.1, 0.15) is 18.1 Å². The molecule has 0 saturated heterocycles. The van der Waals surface area contributed by atoms with Crippen molar-refractivity contribution in [3.63, 3.8) is 0 Å². The molecule has 11 heavy (non-hydrogen) atoms. The van der Waals surface area contributed by atoms with Gasteiger partial charge in [0.05, 0.1) is 0 Å². The van der Waals surface area contributed by atoms with Gasteiger partial charge in [-0.3, -0.25) is 0 Å². The standard InChI is InChI=1S/C9H10BrCl/c1-2-8-7(6-11)4-3-5-9(8)10/h3-5H,2,6H2,1H3. The molecule has 2 heteroatoms. The second-order valence-corrected chi connectivity index (χ2v) is 3.49. The first-order valence-corrected chi connectivity index (χ1v) is 4.94. The highest BCUT2D eigenvalue weighted by molar-refractivity contribution is 9.10. The normalized spacial score (nSPS) is 10.1. The third kappa shape index (κ3) is 1.97. The lowest BCUT2D eigenvalue weighted by Crippen LogP contribution is -1.89. The van der Waals surface area contributed by atoms with Gasteiger partial charge >= 0.3 is 0 Å². The van der Waals surface area contributed by atoms with E-state index in [1.807, 2.05) is 6.07 Å². The van der Waals surface area contributed by atoms with Crippen LogP contribution in [0.15, 0.2) is 22.7 Å². The summed E-state index contributed by atoms with van der Waals surface area (Å²) in [6, 6.07) is 6.13. The maximum atomic E-state index is 5.76. The van der Waals surface area contributed by atoms with Gasteiger partial charge in [0, 0.05) is 10.4 Å². The van der Waals surface area contributed by atoms with Crippen molar-refractivity contribution >= 4 is 27.5 Å². The predicted molar refractivity (Wildman–Crippen MR) is 53.1 cm³/mol. The molecule has 0 aliphatic heterocycles. The number of benzene rings is 1. The largest absolute Gasteiger partial charge is 0.122 e. The molecule has 1 aromatic rings. The van der Waals surface area contributed by atoms with E-state index in [0.29, 0.717) is 5.88 Å². The fourth-order valence-corrected chi connectivity index (χ4v) is 2.06. The van der Waals surface area contributed by atoms with Crippen molar-refractivity contribution in [1.29, 1.82) is 0 Å². The smallest absolute Gasteiger partial charge is 0.0477 e. The van der Waals surface area contributed by atoms with Gasteiger partial charge in [-0.1, -0.05) is 35.0 Å². The Morgan fingerprint density at radius 3 is 2.64 bits per heavy atom. The fraction of sp³-hybridized carbons (Fsp3) is 0.333. The van der Waals surface area contributed by atoms with Crippen LogP contribution in [-0.4, -0.2) is 0 Å². The van der Waals surface area contributed by atoms with Crippen LogP contribution in [0.3, 0.4) is 0 Å². The first-order chi connectivity index (χ1) is 5.29. The van der Waals surface area contributed by atoms with E-state index in [9.17, 15) is 0 Å². The van der Waals surface area contributed by atoms with Crippen molar-refractivity contribution in [1.82, 2.24) is 0 Å². The van der Waals surface area contributed by atoms with Crippen LogP contribution in [0.4, 0.5) is 0 Å². The average molecular weight is 234 g/mol. The second-order valence-electron chi connectivity index (χ2n) is 2.36. The highest BCUT2D eigenvalue weighted by Gasteiger charge is 2.01. The van der Waals surface area contributed by atoms with Gasteiger partial charge < -0.3 is 0 Å². The molecule has 0 unspecified atom stereocenters. The molecule has 0 nitrogen and oxygen atoms in total. The topological polar surface area (TPSA) is 0 Å². The summed E-state index contributed by atoms with van der Waals surface area (Å²) in [5.74, 6) is 0.600. The Kier molecular flexibility index (Phi) is 3.41. The van der Waals surface area contributed by atoms with Crippen molar-refractivity contribution in [2.75, 3.05) is 0 Å². The molecule has 0 bridgehead atoms. The minimum absolute atomic E-state index is 0.600. The predicted octanol–water partition coefficient (Wildman–Crippen LogP) is 3.75. The number of rotatable bonds is 2. The molecule has 0 saturated carbocycles. The molecule has 0 aromatic heterocycles. The maximum Gasteiger partial charge on any atom is 0.0477 e. The van der Waals surface area contributed by atoms with Crippen LogP contribution in [-0.2, 0) is 12.3 Å². The van der Waals surface area contributed by atoms with E-state index in [4.69, 9.17) is 11.6 Å². The maximum absolute atomic E-state index is 5.76. The molecule has 0 aliphatic carbocycles. The van der Waals surface area contributed by atoms with E-state index in [0.717, 1.165) is 10.9 Å². The van der Waals surface area contributed by atoms with Crippen LogP contribution >= 0.6 is 27.5 Å². The Balaban J connectivity index is 3.13. The van der Waals surface area contributed by atoms with Crippen LogP contribution in [0.25, 0.3) is 0 Å². The summed E-state index contributed by atoms with van der Waals surface area (Å²) in [5, 5.41) is 0. The minimum atomic E-state index is 0.600. The van der Waals surface area contributed by atoms with Gasteiger partial charge in [-0.15, -0.1) is 11.6 Å². The van der Waals surface area contributed by atoms with E-state index in [2.05, 4.69) is 35.0 Å². The highest BCUT2D eigenvalue weighted by atomic mass is 79.9. The zero-order chi connectivity index (χ0) is 8.27. The van der Waals surface area contributed by atoms with E-state index in [1.165, 1.54) is 11.1 Å². The molecular formula is C9H10BrCl. The lowest BCUT2D eigenvalue weighted by atomic mass is 10.1. The molecule has 0 N–H and O–H groups in total. The lowest BCUT2D eigenvalue weighted by Gasteiger charge is -2.05. The fourth-order valence-electron chi connectivity index (χ4n) is 1.12. The molecular weight excluding hydrogens is 223 g/mol. The summed E-state index contributed by atoms with van der Waals surface area (Å²) in [5.41, 5.74) is 2.55. The Bertz CT molecular complexity index is 245. The summed E-state index contributed by atoms with van der Waals surface area (Å²) in [6.07, 6.45) is 1.03. The van der Waals surface area contributed by atoms with Crippen LogP contribution < -0.4 is 0 Å². The Morgan fingerprint density at radius 2 is 2.18 bits per heavy atom. The first kappa shape index (κ1) is 9.08. The summed E-state index contributed by atoms with van der Waals surface area (Å²) in [6.45, 7) is 2.14. The summed E-state index contributed by atoms with van der Waals surface area (Å²) >= 11 is 9.25. The molecule has 0 fully saturated rings. The Morgan fingerprint density at radius 1 is 1.45 bits per heavy atom. The molecule has 0 heterocycles. The molecule has 60 valence electrons. The van der Waals surface area contributed by atoms with E-state index >= 15 is 0 Å². The number of halogens is 2. The number of hydrogen-bond donors (Lipinski definition) is 0. The van der Waals surface area contributed by atoms with E-state index in [1.54, 1.807) is 0 Å².